The van der Waals surface area contributed by atoms with E-state index in [1.807, 2.05) is 41.9 Å². The van der Waals surface area contributed by atoms with Crippen LogP contribution in [0.2, 0.25) is 10.2 Å². The second-order valence-corrected chi connectivity index (χ2v) is 5.00. The van der Waals surface area contributed by atoms with Gasteiger partial charge in [0.2, 0.25) is 5.95 Å². The first-order valence-corrected chi connectivity index (χ1v) is 6.36. The van der Waals surface area contributed by atoms with Crippen LogP contribution in [-0.4, -0.2) is 14.5 Å². The van der Waals surface area contributed by atoms with Crippen LogP contribution in [0.15, 0.2) is 30.3 Å². The third kappa shape index (κ3) is 2.03. The number of benzene rings is 1. The third-order valence-corrected chi connectivity index (χ3v) is 3.50. The molecule has 4 nitrogen and oxygen atoms in total. The van der Waals surface area contributed by atoms with Crippen molar-refractivity contribution in [2.24, 2.45) is 7.05 Å². The van der Waals surface area contributed by atoms with Crippen LogP contribution in [0.3, 0.4) is 0 Å². The molecule has 0 radical (unpaired) electrons. The highest BCUT2D eigenvalue weighted by Crippen LogP contribution is 2.31. The maximum absolute atomic E-state index is 6.10. The summed E-state index contributed by atoms with van der Waals surface area (Å²) >= 11 is 12.1. The maximum Gasteiger partial charge on any atom is 0.223 e. The van der Waals surface area contributed by atoms with Crippen LogP contribution in [0.5, 0.6) is 0 Å². The Bertz CT molecular complexity index is 780. The summed E-state index contributed by atoms with van der Waals surface area (Å²) in [6, 6.07) is 9.53. The molecule has 6 heteroatoms. The number of aromatic nitrogens is 3. The van der Waals surface area contributed by atoms with Crippen molar-refractivity contribution in [2.75, 3.05) is 5.73 Å². The lowest BCUT2D eigenvalue weighted by molar-refractivity contribution is 0.954. The van der Waals surface area contributed by atoms with Crippen molar-refractivity contribution >= 4 is 40.2 Å². The summed E-state index contributed by atoms with van der Waals surface area (Å²) in [5.41, 5.74) is 8.27. The van der Waals surface area contributed by atoms with Gasteiger partial charge >= 0.3 is 0 Å². The Morgan fingerprint density at radius 3 is 2.68 bits per heavy atom. The van der Waals surface area contributed by atoms with E-state index in [-0.39, 0.29) is 5.95 Å². The molecule has 0 saturated heterocycles. The number of nitrogens with zero attached hydrogens (tertiary/aromatic N) is 3. The molecule has 96 valence electrons. The van der Waals surface area contributed by atoms with Gasteiger partial charge in [0.05, 0.1) is 11.1 Å². The predicted molar refractivity (Wildman–Crippen MR) is 78.4 cm³/mol. The Kier molecular flexibility index (Phi) is 2.84. The fourth-order valence-corrected chi connectivity index (χ4v) is 2.51. The minimum atomic E-state index is 0.163. The highest BCUT2D eigenvalue weighted by atomic mass is 35.5. The minimum absolute atomic E-state index is 0.163. The first-order chi connectivity index (χ1) is 9.06. The molecule has 0 amide bonds. The molecule has 0 unspecified atom stereocenters. The van der Waals surface area contributed by atoms with E-state index in [0.29, 0.717) is 15.8 Å². The molecule has 0 fully saturated rings. The van der Waals surface area contributed by atoms with Gasteiger partial charge in [-0.2, -0.15) is 4.98 Å². The monoisotopic (exact) mass is 292 g/mol. The fourth-order valence-electron chi connectivity index (χ4n) is 2.10. The van der Waals surface area contributed by atoms with Crippen LogP contribution in [0.25, 0.3) is 22.3 Å². The zero-order chi connectivity index (χ0) is 13.6. The second kappa shape index (κ2) is 4.40. The van der Waals surface area contributed by atoms with Gasteiger partial charge in [-0.1, -0.05) is 35.3 Å². The Morgan fingerprint density at radius 1 is 1.16 bits per heavy atom. The van der Waals surface area contributed by atoms with Gasteiger partial charge in [0.15, 0.2) is 0 Å². The average molecular weight is 293 g/mol. The normalized spacial score (nSPS) is 11.1. The number of hydrogen-bond donors (Lipinski definition) is 1. The van der Waals surface area contributed by atoms with Crippen LogP contribution >= 0.6 is 23.2 Å². The second-order valence-electron chi connectivity index (χ2n) is 4.21. The van der Waals surface area contributed by atoms with E-state index in [2.05, 4.69) is 9.97 Å². The molecule has 0 atom stereocenters. The first-order valence-electron chi connectivity index (χ1n) is 5.60. The Morgan fingerprint density at radius 2 is 1.95 bits per heavy atom. The molecule has 3 aromatic rings. The van der Waals surface area contributed by atoms with Gasteiger partial charge in [0.25, 0.3) is 0 Å². The van der Waals surface area contributed by atoms with Crippen molar-refractivity contribution in [1.82, 2.24) is 14.5 Å². The highest BCUT2D eigenvalue weighted by Gasteiger charge is 2.13. The van der Waals surface area contributed by atoms with Crippen LogP contribution < -0.4 is 5.73 Å². The molecule has 1 aromatic carbocycles. The number of anilines is 1. The number of aryl methyl sites for hydroxylation is 1. The van der Waals surface area contributed by atoms with Gasteiger partial charge in [-0.05, 0) is 23.8 Å². The topological polar surface area (TPSA) is 56.7 Å². The average Bonchev–Trinajstić information content (AvgIpc) is 2.68. The molecule has 0 aliphatic heterocycles. The van der Waals surface area contributed by atoms with Crippen molar-refractivity contribution in [3.8, 4) is 11.3 Å². The minimum Gasteiger partial charge on any atom is -0.368 e. The maximum atomic E-state index is 6.10. The zero-order valence-electron chi connectivity index (χ0n) is 10.1. The van der Waals surface area contributed by atoms with Crippen molar-refractivity contribution in [3.63, 3.8) is 0 Å². The summed E-state index contributed by atoms with van der Waals surface area (Å²) in [6.07, 6.45) is 0. The molecule has 0 aliphatic rings. The lowest BCUT2D eigenvalue weighted by atomic mass is 10.1. The predicted octanol–water partition coefficient (Wildman–Crippen LogP) is 3.52. The molecule has 3 rings (SSSR count). The number of halogens is 2. The Balaban J connectivity index is 2.31. The van der Waals surface area contributed by atoms with Crippen molar-refractivity contribution < 1.29 is 0 Å². The molecule has 0 aliphatic carbocycles. The Labute approximate surface area is 119 Å². The van der Waals surface area contributed by atoms with E-state index < -0.39 is 0 Å². The standard InChI is InChI=1S/C13H10Cl2N4/c1-19-10(7-3-2-4-8(14)5-7)6-9-11(15)17-13(16)18-12(9)19/h2-6H,1H3,(H2,16,17,18). The van der Waals surface area contributed by atoms with Crippen LogP contribution in [0.1, 0.15) is 0 Å². The lowest BCUT2D eigenvalue weighted by Gasteiger charge is -2.04. The van der Waals surface area contributed by atoms with E-state index in [1.165, 1.54) is 0 Å². The molecule has 19 heavy (non-hydrogen) atoms. The summed E-state index contributed by atoms with van der Waals surface area (Å²) < 4.78 is 1.92. The molecule has 2 aromatic heterocycles. The number of hydrogen-bond acceptors (Lipinski definition) is 3. The van der Waals surface area contributed by atoms with Gasteiger partial charge in [0.1, 0.15) is 10.8 Å². The molecular weight excluding hydrogens is 283 g/mol. The van der Waals surface area contributed by atoms with E-state index in [0.717, 1.165) is 16.6 Å². The van der Waals surface area contributed by atoms with Crippen molar-refractivity contribution in [1.29, 1.82) is 0 Å². The summed E-state index contributed by atoms with van der Waals surface area (Å²) in [5.74, 6) is 0.163. The van der Waals surface area contributed by atoms with Crippen LogP contribution in [0.4, 0.5) is 5.95 Å². The van der Waals surface area contributed by atoms with E-state index in [9.17, 15) is 0 Å². The van der Waals surface area contributed by atoms with Gasteiger partial charge in [-0.3, -0.25) is 0 Å². The summed E-state index contributed by atoms with van der Waals surface area (Å²) in [7, 11) is 1.90. The van der Waals surface area contributed by atoms with Gasteiger partial charge in [-0.15, -0.1) is 0 Å². The number of nitrogen functional groups attached to an aromatic ring is 1. The van der Waals surface area contributed by atoms with E-state index in [4.69, 9.17) is 28.9 Å². The van der Waals surface area contributed by atoms with E-state index >= 15 is 0 Å². The fraction of sp³-hybridized carbons (Fsp3) is 0.0769. The van der Waals surface area contributed by atoms with Crippen LogP contribution in [0, 0.1) is 0 Å². The third-order valence-electron chi connectivity index (χ3n) is 2.98. The van der Waals surface area contributed by atoms with Gasteiger partial charge < -0.3 is 10.3 Å². The van der Waals surface area contributed by atoms with E-state index in [1.54, 1.807) is 0 Å². The van der Waals surface area contributed by atoms with Crippen molar-refractivity contribution in [2.45, 2.75) is 0 Å². The lowest BCUT2D eigenvalue weighted by Crippen LogP contribution is -1.98. The highest BCUT2D eigenvalue weighted by molar-refractivity contribution is 6.34. The molecule has 2 heterocycles. The first kappa shape index (κ1) is 12.3. The van der Waals surface area contributed by atoms with Crippen LogP contribution in [-0.2, 0) is 7.05 Å². The van der Waals surface area contributed by atoms with Gasteiger partial charge in [-0.25, -0.2) is 4.98 Å². The molecule has 0 saturated carbocycles. The SMILES string of the molecule is Cn1c(-c2cccc(Cl)c2)cc2c(Cl)nc(N)nc21. The largest absolute Gasteiger partial charge is 0.368 e. The number of fused-ring (bicyclic) bond motifs is 1. The quantitative estimate of drug-likeness (QED) is 0.698. The summed E-state index contributed by atoms with van der Waals surface area (Å²) in [6.45, 7) is 0. The number of rotatable bonds is 1. The molecule has 2 N–H and O–H groups in total. The number of nitrogens with two attached hydrogens (primary N) is 1. The molecule has 0 spiro atoms. The summed E-state index contributed by atoms with van der Waals surface area (Å²) in [4.78, 5) is 8.18. The molecular formula is C13H10Cl2N4. The Hall–Kier alpha value is -1.78. The smallest absolute Gasteiger partial charge is 0.223 e. The van der Waals surface area contributed by atoms with Crippen molar-refractivity contribution in [3.05, 3.63) is 40.5 Å². The van der Waals surface area contributed by atoms with Gasteiger partial charge in [0, 0.05) is 12.1 Å². The summed E-state index contributed by atoms with van der Waals surface area (Å²) in [5, 5.41) is 1.80. The molecule has 0 bridgehead atoms. The zero-order valence-corrected chi connectivity index (χ0v) is 11.6.